The van der Waals surface area contributed by atoms with Gasteiger partial charge in [0.05, 0.1) is 5.69 Å². The summed E-state index contributed by atoms with van der Waals surface area (Å²) in [4.78, 5) is 4.75. The van der Waals surface area contributed by atoms with Gasteiger partial charge < -0.3 is 18.6 Å². The van der Waals surface area contributed by atoms with Gasteiger partial charge in [0.2, 0.25) is 0 Å². The fourth-order valence-corrected chi connectivity index (χ4v) is 9.93. The van der Waals surface area contributed by atoms with Gasteiger partial charge in [-0.3, -0.25) is 0 Å². The predicted molar refractivity (Wildman–Crippen MR) is 241 cm³/mol. The zero-order valence-corrected chi connectivity index (χ0v) is 31.4. The van der Waals surface area contributed by atoms with Crippen molar-refractivity contribution in [2.45, 2.75) is 0 Å². The van der Waals surface area contributed by atoms with Crippen LogP contribution < -0.4 is 9.80 Å². The lowest BCUT2D eigenvalue weighted by molar-refractivity contribution is 0.668. The lowest BCUT2D eigenvalue weighted by atomic mass is 10.0. The molecule has 0 radical (unpaired) electrons. The number of fused-ring (bicyclic) bond motifs is 11. The molecule has 4 nitrogen and oxygen atoms in total. The highest BCUT2D eigenvalue weighted by Gasteiger charge is 2.24. The summed E-state index contributed by atoms with van der Waals surface area (Å²) < 4.78 is 15.4. The molecule has 0 spiro atoms. The van der Waals surface area contributed by atoms with Crippen molar-refractivity contribution in [3.63, 3.8) is 0 Å². The number of furan rings is 2. The third-order valence-electron chi connectivity index (χ3n) is 11.2. The van der Waals surface area contributed by atoms with Gasteiger partial charge in [0, 0.05) is 82.3 Å². The van der Waals surface area contributed by atoms with Gasteiger partial charge in [-0.2, -0.15) is 0 Å². The van der Waals surface area contributed by atoms with Crippen molar-refractivity contribution < 1.29 is 8.83 Å². The van der Waals surface area contributed by atoms with E-state index < -0.39 is 0 Å². The smallest absolute Gasteiger partial charge is 0.137 e. The first-order valence-corrected chi connectivity index (χ1v) is 20.0. The monoisotopic (exact) mass is 748 g/mol. The summed E-state index contributed by atoms with van der Waals surface area (Å²) >= 11 is 1.86. The predicted octanol–water partition coefficient (Wildman–Crippen LogP) is 15.9. The van der Waals surface area contributed by atoms with Crippen molar-refractivity contribution in [1.29, 1.82) is 0 Å². The summed E-state index contributed by atoms with van der Waals surface area (Å²) in [6, 6.07) is 69.0. The van der Waals surface area contributed by atoms with Gasteiger partial charge in [-0.15, -0.1) is 11.3 Å². The van der Waals surface area contributed by atoms with E-state index >= 15 is 0 Å². The molecule has 0 unspecified atom stereocenters. The van der Waals surface area contributed by atoms with E-state index in [9.17, 15) is 0 Å². The molecule has 0 N–H and O–H groups in total. The SMILES string of the molecule is c1ccc(N(c2ccc3c(c2)oc2ccccc23)c2cc(N(c3ccccc3)c3ccc4c(c3)oc3ccccc34)c3c(c2)sc2c4ccccc4ccc23)cc1. The molecule has 0 bridgehead atoms. The molecule has 0 fully saturated rings. The van der Waals surface area contributed by atoms with Crippen LogP contribution in [0.3, 0.4) is 0 Å². The van der Waals surface area contributed by atoms with E-state index in [-0.39, 0.29) is 0 Å². The first kappa shape index (κ1) is 32.0. The Morgan fingerprint density at radius 3 is 1.49 bits per heavy atom. The number of benzene rings is 9. The van der Waals surface area contributed by atoms with Crippen LogP contribution in [0.2, 0.25) is 0 Å². The summed E-state index contributed by atoms with van der Waals surface area (Å²) in [5.74, 6) is 0. The van der Waals surface area contributed by atoms with Crippen LogP contribution in [0.25, 0.3) is 74.8 Å². The van der Waals surface area contributed by atoms with Crippen molar-refractivity contribution in [3.8, 4) is 0 Å². The normalized spacial score (nSPS) is 11.9. The summed E-state index contributed by atoms with van der Waals surface area (Å²) in [6.45, 7) is 0. The minimum Gasteiger partial charge on any atom is -0.456 e. The minimum atomic E-state index is 0.855. The maximum atomic E-state index is 6.50. The molecule has 0 aliphatic heterocycles. The highest BCUT2D eigenvalue weighted by Crippen LogP contribution is 2.51. The summed E-state index contributed by atoms with van der Waals surface area (Å²) in [5, 5.41) is 9.37. The molecule has 3 heterocycles. The number of para-hydroxylation sites is 4. The summed E-state index contributed by atoms with van der Waals surface area (Å²) in [7, 11) is 0. The molecule has 0 aliphatic carbocycles. The first-order chi connectivity index (χ1) is 28.2. The third kappa shape index (κ3) is 5.06. The van der Waals surface area contributed by atoms with Gasteiger partial charge in [0.25, 0.3) is 0 Å². The van der Waals surface area contributed by atoms with Crippen LogP contribution in [0.1, 0.15) is 0 Å². The number of hydrogen-bond donors (Lipinski definition) is 0. The number of thiophene rings is 1. The van der Waals surface area contributed by atoms with Crippen LogP contribution in [0, 0.1) is 0 Å². The van der Waals surface area contributed by atoms with E-state index in [2.05, 4.69) is 180 Å². The molecule has 268 valence electrons. The minimum absolute atomic E-state index is 0.855. The van der Waals surface area contributed by atoms with Gasteiger partial charge in [-0.1, -0.05) is 109 Å². The van der Waals surface area contributed by atoms with Crippen molar-refractivity contribution in [1.82, 2.24) is 0 Å². The Morgan fingerprint density at radius 1 is 0.333 bits per heavy atom. The van der Waals surface area contributed by atoms with E-state index in [1.54, 1.807) is 0 Å². The number of hydrogen-bond acceptors (Lipinski definition) is 5. The van der Waals surface area contributed by atoms with E-state index in [0.717, 1.165) is 78.0 Å². The van der Waals surface area contributed by atoms with E-state index in [0.29, 0.717) is 0 Å². The second-order valence-corrected chi connectivity index (χ2v) is 15.6. The van der Waals surface area contributed by atoms with Crippen molar-refractivity contribution in [2.75, 3.05) is 9.80 Å². The van der Waals surface area contributed by atoms with Crippen molar-refractivity contribution in [3.05, 3.63) is 194 Å². The molecule has 57 heavy (non-hydrogen) atoms. The van der Waals surface area contributed by atoms with Crippen LogP contribution in [0.5, 0.6) is 0 Å². The molecular weight excluding hydrogens is 717 g/mol. The standard InChI is InChI=1S/C52H32N2O2S/c1-3-14-34(15-4-1)53(36-24-27-42-40-19-9-11-21-46(40)55-48(42)30-36)38-29-45(51-44-26-23-33-13-7-8-18-39(33)52(44)57-50(51)32-38)54(35-16-5-2-6-17-35)37-25-28-43-41-20-10-12-22-47(41)56-49(43)31-37/h1-32H. The Kier molecular flexibility index (Phi) is 7.06. The lowest BCUT2D eigenvalue weighted by Gasteiger charge is -2.30. The molecule has 0 saturated heterocycles. The van der Waals surface area contributed by atoms with E-state index in [1.807, 2.05) is 35.6 Å². The lowest BCUT2D eigenvalue weighted by Crippen LogP contribution is -2.13. The Labute approximate surface area is 331 Å². The fourth-order valence-electron chi connectivity index (χ4n) is 8.64. The van der Waals surface area contributed by atoms with Crippen LogP contribution in [-0.4, -0.2) is 0 Å². The Bertz CT molecular complexity index is 3490. The molecule has 0 amide bonds. The molecule has 0 aliphatic rings. The van der Waals surface area contributed by atoms with Gasteiger partial charge in [-0.25, -0.2) is 0 Å². The van der Waals surface area contributed by atoms with Gasteiger partial charge in [0.1, 0.15) is 22.3 Å². The third-order valence-corrected chi connectivity index (χ3v) is 12.4. The van der Waals surface area contributed by atoms with Gasteiger partial charge >= 0.3 is 0 Å². The fraction of sp³-hybridized carbons (Fsp3) is 0. The average Bonchev–Trinajstić information content (AvgIpc) is 3.96. The Hall–Kier alpha value is -7.34. The highest BCUT2D eigenvalue weighted by atomic mass is 32.1. The Morgan fingerprint density at radius 2 is 0.842 bits per heavy atom. The van der Waals surface area contributed by atoms with Crippen LogP contribution in [-0.2, 0) is 0 Å². The second-order valence-electron chi connectivity index (χ2n) is 14.5. The topological polar surface area (TPSA) is 32.8 Å². The zero-order valence-electron chi connectivity index (χ0n) is 30.6. The zero-order chi connectivity index (χ0) is 37.5. The molecule has 5 heteroatoms. The van der Waals surface area contributed by atoms with Crippen LogP contribution in [0.4, 0.5) is 34.1 Å². The molecule has 12 aromatic rings. The van der Waals surface area contributed by atoms with E-state index in [4.69, 9.17) is 8.83 Å². The maximum Gasteiger partial charge on any atom is 0.137 e. The average molecular weight is 749 g/mol. The number of anilines is 6. The van der Waals surface area contributed by atoms with Crippen molar-refractivity contribution in [2.24, 2.45) is 0 Å². The molecule has 0 saturated carbocycles. The van der Waals surface area contributed by atoms with E-state index in [1.165, 1.54) is 30.9 Å². The van der Waals surface area contributed by atoms with Crippen LogP contribution >= 0.6 is 11.3 Å². The van der Waals surface area contributed by atoms with Gasteiger partial charge in [0.15, 0.2) is 0 Å². The van der Waals surface area contributed by atoms with Crippen molar-refractivity contribution >= 4 is 120 Å². The number of rotatable bonds is 6. The van der Waals surface area contributed by atoms with Gasteiger partial charge in [-0.05, 0) is 83.6 Å². The number of nitrogens with zero attached hydrogens (tertiary/aromatic N) is 2. The second kappa shape index (κ2) is 12.6. The van der Waals surface area contributed by atoms with Crippen LogP contribution in [0.15, 0.2) is 203 Å². The first-order valence-electron chi connectivity index (χ1n) is 19.2. The quantitative estimate of drug-likeness (QED) is 0.170. The highest BCUT2D eigenvalue weighted by molar-refractivity contribution is 7.26. The largest absolute Gasteiger partial charge is 0.456 e. The molecular formula is C52H32N2O2S. The molecule has 0 atom stereocenters. The Balaban J connectivity index is 1.17. The molecule has 9 aromatic carbocycles. The summed E-state index contributed by atoms with van der Waals surface area (Å²) in [5.41, 5.74) is 9.75. The summed E-state index contributed by atoms with van der Waals surface area (Å²) in [6.07, 6.45) is 0. The maximum absolute atomic E-state index is 6.50. The molecule has 3 aromatic heterocycles. The molecule has 12 rings (SSSR count).